The molecule has 0 radical (unpaired) electrons. The predicted octanol–water partition coefficient (Wildman–Crippen LogP) is 0.122. The lowest BCUT2D eigenvalue weighted by Crippen LogP contribution is -2.40. The van der Waals surface area contributed by atoms with Gasteiger partial charge in [-0.2, -0.15) is 0 Å². The maximum atomic E-state index is 11.2. The molecular formula is C12H8O3. The van der Waals surface area contributed by atoms with Crippen LogP contribution in [-0.4, -0.2) is 16.0 Å². The van der Waals surface area contributed by atoms with Gasteiger partial charge in [0.25, 0.3) is 0 Å². The van der Waals surface area contributed by atoms with Crippen molar-refractivity contribution in [1.29, 1.82) is 0 Å². The van der Waals surface area contributed by atoms with Gasteiger partial charge in [0.2, 0.25) is 0 Å². The zero-order valence-corrected chi connectivity index (χ0v) is 7.82. The quantitative estimate of drug-likeness (QED) is 0.625. The highest BCUT2D eigenvalue weighted by Crippen LogP contribution is 2.29. The third kappa shape index (κ3) is 0.973. The summed E-state index contributed by atoms with van der Waals surface area (Å²) in [6.07, 6.45) is 1.59. The van der Waals surface area contributed by atoms with Crippen molar-refractivity contribution in [3.63, 3.8) is 0 Å². The fraction of sp³-hybridized carbons (Fsp3) is 0.0833. The van der Waals surface area contributed by atoms with Crippen molar-refractivity contribution < 1.29 is 15.0 Å². The molecule has 0 spiro atoms. The Bertz CT molecular complexity index is 635. The molecule has 0 heterocycles. The molecule has 1 aromatic carbocycles. The molecule has 0 aliphatic heterocycles. The average Bonchev–Trinajstić information content (AvgIpc) is 2.14. The Morgan fingerprint density at radius 3 is 2.73 bits per heavy atom. The number of phenols is 1. The molecule has 2 N–H and O–H groups in total. The Labute approximate surface area is 85.3 Å². The van der Waals surface area contributed by atoms with E-state index in [4.69, 9.17) is 0 Å². The van der Waals surface area contributed by atoms with E-state index in [0.717, 1.165) is 16.0 Å². The Balaban J connectivity index is 2.38. The molecule has 0 bridgehead atoms. The van der Waals surface area contributed by atoms with E-state index in [2.05, 4.69) is 0 Å². The molecule has 2 aliphatic carbocycles. The average molecular weight is 200 g/mol. The molecular weight excluding hydrogens is 192 g/mol. The van der Waals surface area contributed by atoms with Crippen LogP contribution >= 0.6 is 0 Å². The lowest BCUT2D eigenvalue weighted by Gasteiger charge is -2.22. The highest BCUT2D eigenvalue weighted by atomic mass is 16.3. The molecule has 0 amide bonds. The van der Waals surface area contributed by atoms with Gasteiger partial charge in [-0.1, -0.05) is 6.07 Å². The molecule has 0 saturated heterocycles. The molecule has 0 unspecified atom stereocenters. The van der Waals surface area contributed by atoms with Crippen molar-refractivity contribution >= 4 is 16.9 Å². The van der Waals surface area contributed by atoms with Crippen LogP contribution in [0.1, 0.15) is 6.42 Å². The standard InChI is InChI=1S/C12H8O3/c13-6-1-2-8-9(3-6)12-10(8)4-7(14)5-11(12)15/h1-3,5,13,15H,4H2. The molecule has 0 atom stereocenters. The predicted molar refractivity (Wildman–Crippen MR) is 54.5 cm³/mol. The summed E-state index contributed by atoms with van der Waals surface area (Å²) in [5, 5.41) is 20.7. The number of carbonyl (C=O) groups excluding carboxylic acids is 1. The highest BCUT2D eigenvalue weighted by molar-refractivity contribution is 6.15. The van der Waals surface area contributed by atoms with E-state index in [1.54, 1.807) is 18.2 Å². The lowest BCUT2D eigenvalue weighted by molar-refractivity contribution is -0.113. The van der Waals surface area contributed by atoms with Gasteiger partial charge in [-0.15, -0.1) is 0 Å². The number of allylic oxidation sites excluding steroid dienone is 2. The second-order valence-electron chi connectivity index (χ2n) is 3.76. The maximum absolute atomic E-state index is 11.2. The normalized spacial score (nSPS) is 17.9. The number of aliphatic hydroxyl groups is 1. The van der Waals surface area contributed by atoms with Crippen LogP contribution in [0.2, 0.25) is 0 Å². The van der Waals surface area contributed by atoms with Gasteiger partial charge < -0.3 is 10.2 Å². The zero-order chi connectivity index (χ0) is 10.6. The second-order valence-corrected chi connectivity index (χ2v) is 3.76. The smallest absolute Gasteiger partial charge is 0.163 e. The number of hydrogen-bond acceptors (Lipinski definition) is 3. The molecule has 15 heavy (non-hydrogen) atoms. The van der Waals surface area contributed by atoms with E-state index in [-0.39, 0.29) is 17.3 Å². The van der Waals surface area contributed by atoms with Gasteiger partial charge >= 0.3 is 0 Å². The first-order valence-corrected chi connectivity index (χ1v) is 4.67. The number of ketones is 1. The van der Waals surface area contributed by atoms with Crippen LogP contribution in [0.3, 0.4) is 0 Å². The fourth-order valence-electron chi connectivity index (χ4n) is 2.16. The van der Waals surface area contributed by atoms with Crippen LogP contribution in [0.5, 0.6) is 5.75 Å². The van der Waals surface area contributed by atoms with Crippen LogP contribution in [0.15, 0.2) is 30.0 Å². The number of phenolic OH excluding ortho intramolecular Hbond substituents is 1. The van der Waals surface area contributed by atoms with Crippen molar-refractivity contribution in [1.82, 2.24) is 0 Å². The summed E-state index contributed by atoms with van der Waals surface area (Å²) in [4.78, 5) is 11.2. The summed E-state index contributed by atoms with van der Waals surface area (Å²) in [6, 6.07) is 4.96. The Kier molecular flexibility index (Phi) is 1.39. The topological polar surface area (TPSA) is 57.5 Å². The van der Waals surface area contributed by atoms with E-state index in [1.807, 2.05) is 0 Å². The first-order chi connectivity index (χ1) is 7.16. The number of aromatic hydroxyl groups is 1. The van der Waals surface area contributed by atoms with Crippen molar-refractivity contribution in [3.05, 3.63) is 40.5 Å². The van der Waals surface area contributed by atoms with Crippen LogP contribution in [0, 0.1) is 0 Å². The SMILES string of the molecule is O=C1C=C(O)C2=c3cc(O)ccc3=C2C1. The number of benzene rings is 1. The third-order valence-corrected chi connectivity index (χ3v) is 2.80. The molecule has 3 rings (SSSR count). The summed E-state index contributed by atoms with van der Waals surface area (Å²) in [5.41, 5.74) is 1.59. The molecule has 0 saturated carbocycles. The summed E-state index contributed by atoms with van der Waals surface area (Å²) < 4.78 is 0. The Hall–Kier alpha value is -2.03. The van der Waals surface area contributed by atoms with Gasteiger partial charge in [-0.05, 0) is 28.1 Å². The van der Waals surface area contributed by atoms with Crippen molar-refractivity contribution in [2.24, 2.45) is 0 Å². The van der Waals surface area contributed by atoms with Gasteiger partial charge in [-0.3, -0.25) is 4.79 Å². The highest BCUT2D eigenvalue weighted by Gasteiger charge is 2.26. The molecule has 1 aromatic rings. The molecule has 3 nitrogen and oxygen atoms in total. The van der Waals surface area contributed by atoms with Crippen molar-refractivity contribution in [2.75, 3.05) is 0 Å². The van der Waals surface area contributed by atoms with Crippen LogP contribution < -0.4 is 10.4 Å². The molecule has 74 valence electrons. The Morgan fingerprint density at radius 1 is 1.13 bits per heavy atom. The summed E-state index contributed by atoms with van der Waals surface area (Å²) in [5.74, 6) is 0.106. The number of hydrogen-bond donors (Lipinski definition) is 2. The lowest BCUT2D eigenvalue weighted by atomic mass is 9.82. The minimum absolute atomic E-state index is 0.0133. The molecule has 0 aromatic heterocycles. The van der Waals surface area contributed by atoms with Crippen LogP contribution in [0.4, 0.5) is 0 Å². The first kappa shape index (κ1) is 8.29. The van der Waals surface area contributed by atoms with Gasteiger partial charge in [0, 0.05) is 18.1 Å². The van der Waals surface area contributed by atoms with E-state index in [1.165, 1.54) is 6.08 Å². The molecule has 0 fully saturated rings. The van der Waals surface area contributed by atoms with Gasteiger partial charge in [-0.25, -0.2) is 0 Å². The maximum Gasteiger partial charge on any atom is 0.163 e. The monoisotopic (exact) mass is 200 g/mol. The van der Waals surface area contributed by atoms with E-state index in [9.17, 15) is 15.0 Å². The molecule has 2 aliphatic rings. The van der Waals surface area contributed by atoms with Gasteiger partial charge in [0.1, 0.15) is 11.5 Å². The first-order valence-electron chi connectivity index (χ1n) is 4.67. The minimum atomic E-state index is -0.0787. The largest absolute Gasteiger partial charge is 0.508 e. The minimum Gasteiger partial charge on any atom is -0.508 e. The van der Waals surface area contributed by atoms with Gasteiger partial charge in [0.05, 0.1) is 0 Å². The molecule has 3 heteroatoms. The summed E-state index contributed by atoms with van der Waals surface area (Å²) in [6.45, 7) is 0. The van der Waals surface area contributed by atoms with E-state index in [0.29, 0.717) is 12.0 Å². The number of aliphatic hydroxyl groups excluding tert-OH is 1. The number of rotatable bonds is 0. The van der Waals surface area contributed by atoms with E-state index >= 15 is 0 Å². The summed E-state index contributed by atoms with van der Waals surface area (Å²) in [7, 11) is 0. The fourth-order valence-corrected chi connectivity index (χ4v) is 2.16. The van der Waals surface area contributed by atoms with Crippen LogP contribution in [-0.2, 0) is 4.79 Å². The third-order valence-electron chi connectivity index (χ3n) is 2.80. The van der Waals surface area contributed by atoms with Crippen molar-refractivity contribution in [3.8, 4) is 5.75 Å². The van der Waals surface area contributed by atoms with E-state index < -0.39 is 0 Å². The van der Waals surface area contributed by atoms with Gasteiger partial charge in [0.15, 0.2) is 5.78 Å². The van der Waals surface area contributed by atoms with Crippen molar-refractivity contribution in [2.45, 2.75) is 6.42 Å². The van der Waals surface area contributed by atoms with Crippen LogP contribution in [0.25, 0.3) is 11.1 Å². The summed E-state index contributed by atoms with van der Waals surface area (Å²) >= 11 is 0. The number of carbonyl (C=O) groups is 1. The Morgan fingerprint density at radius 2 is 1.93 bits per heavy atom. The number of fused-ring (bicyclic) bond motifs is 2. The second kappa shape index (κ2) is 2.51. The zero-order valence-electron chi connectivity index (χ0n) is 7.82.